The lowest BCUT2D eigenvalue weighted by Crippen LogP contribution is -2.50. The van der Waals surface area contributed by atoms with Gasteiger partial charge in [-0.05, 0) is 13.3 Å². The standard InChI is InChI=1S/C11H22N4OS/c1-8(2)14-11(4,6-16)5-9(3)17-10-12-7-13-15-10/h7-9,14,16H,5-6H2,1-4H3,(H,12,13,15). The molecule has 2 atom stereocenters. The highest BCUT2D eigenvalue weighted by molar-refractivity contribution is 7.99. The zero-order valence-electron chi connectivity index (χ0n) is 10.9. The van der Waals surface area contributed by atoms with E-state index in [0.29, 0.717) is 11.3 Å². The minimum absolute atomic E-state index is 0.131. The first kappa shape index (κ1) is 14.5. The third kappa shape index (κ3) is 5.06. The Morgan fingerprint density at radius 3 is 2.71 bits per heavy atom. The Morgan fingerprint density at radius 2 is 2.24 bits per heavy atom. The van der Waals surface area contributed by atoms with Crippen LogP contribution in [-0.4, -0.2) is 43.7 Å². The number of hydrogen-bond donors (Lipinski definition) is 3. The van der Waals surface area contributed by atoms with E-state index >= 15 is 0 Å². The Bertz CT molecular complexity index is 317. The lowest BCUT2D eigenvalue weighted by molar-refractivity contribution is 0.157. The fourth-order valence-corrected chi connectivity index (χ4v) is 3.03. The minimum atomic E-state index is -0.249. The Labute approximate surface area is 107 Å². The maximum Gasteiger partial charge on any atom is 0.183 e. The molecule has 3 N–H and O–H groups in total. The van der Waals surface area contributed by atoms with Crippen LogP contribution in [0.1, 0.15) is 34.1 Å². The molecule has 0 bridgehead atoms. The van der Waals surface area contributed by atoms with Gasteiger partial charge in [0.15, 0.2) is 5.16 Å². The Hall–Kier alpha value is -0.590. The summed E-state index contributed by atoms with van der Waals surface area (Å²) in [6, 6.07) is 0.356. The number of hydrogen-bond acceptors (Lipinski definition) is 5. The molecule has 0 spiro atoms. The molecule has 1 aromatic rings. The van der Waals surface area contributed by atoms with Gasteiger partial charge >= 0.3 is 0 Å². The summed E-state index contributed by atoms with van der Waals surface area (Å²) >= 11 is 1.64. The van der Waals surface area contributed by atoms with Crippen molar-refractivity contribution in [3.8, 4) is 0 Å². The van der Waals surface area contributed by atoms with Crippen LogP contribution in [0, 0.1) is 0 Å². The summed E-state index contributed by atoms with van der Waals surface area (Å²) in [6.07, 6.45) is 2.37. The van der Waals surface area contributed by atoms with Gasteiger partial charge < -0.3 is 10.4 Å². The van der Waals surface area contributed by atoms with Crippen molar-refractivity contribution in [2.24, 2.45) is 0 Å². The third-order valence-electron chi connectivity index (χ3n) is 2.43. The highest BCUT2D eigenvalue weighted by Gasteiger charge is 2.27. The summed E-state index contributed by atoms with van der Waals surface area (Å²) in [5.74, 6) is 0. The molecule has 0 aliphatic carbocycles. The van der Waals surface area contributed by atoms with Gasteiger partial charge in [0.25, 0.3) is 0 Å². The van der Waals surface area contributed by atoms with Gasteiger partial charge in [0, 0.05) is 16.8 Å². The molecule has 0 aliphatic rings. The van der Waals surface area contributed by atoms with Crippen molar-refractivity contribution >= 4 is 11.8 Å². The number of rotatable bonds is 7. The van der Waals surface area contributed by atoms with Crippen molar-refractivity contribution in [3.05, 3.63) is 6.33 Å². The van der Waals surface area contributed by atoms with Crippen molar-refractivity contribution in [1.82, 2.24) is 20.5 Å². The summed E-state index contributed by atoms with van der Waals surface area (Å²) in [7, 11) is 0. The van der Waals surface area contributed by atoms with Gasteiger partial charge in [-0.1, -0.05) is 32.5 Å². The quantitative estimate of drug-likeness (QED) is 0.645. The number of aliphatic hydroxyl groups excluding tert-OH is 1. The average Bonchev–Trinajstić information content (AvgIpc) is 2.68. The van der Waals surface area contributed by atoms with E-state index in [1.54, 1.807) is 11.8 Å². The van der Waals surface area contributed by atoms with Crippen LogP contribution in [-0.2, 0) is 0 Å². The summed E-state index contributed by atoms with van der Waals surface area (Å²) in [6.45, 7) is 8.48. The monoisotopic (exact) mass is 258 g/mol. The molecule has 0 aromatic carbocycles. The maximum atomic E-state index is 9.50. The van der Waals surface area contributed by atoms with Crippen LogP contribution in [0.2, 0.25) is 0 Å². The fourth-order valence-electron chi connectivity index (χ4n) is 1.98. The van der Waals surface area contributed by atoms with Crippen molar-refractivity contribution in [3.63, 3.8) is 0 Å². The molecule has 0 saturated carbocycles. The van der Waals surface area contributed by atoms with Crippen LogP contribution in [0.4, 0.5) is 0 Å². The van der Waals surface area contributed by atoms with Gasteiger partial charge in [-0.2, -0.15) is 5.10 Å². The number of thioether (sulfide) groups is 1. The van der Waals surface area contributed by atoms with E-state index in [1.165, 1.54) is 6.33 Å². The minimum Gasteiger partial charge on any atom is -0.394 e. The molecular weight excluding hydrogens is 236 g/mol. The van der Waals surface area contributed by atoms with Crippen molar-refractivity contribution < 1.29 is 5.11 Å². The second-order valence-electron chi connectivity index (χ2n) is 4.94. The lowest BCUT2D eigenvalue weighted by atomic mass is 9.96. The molecule has 1 heterocycles. The number of aromatic amines is 1. The molecule has 5 nitrogen and oxygen atoms in total. The second kappa shape index (κ2) is 6.37. The average molecular weight is 258 g/mol. The number of aromatic nitrogens is 3. The van der Waals surface area contributed by atoms with Gasteiger partial charge in [-0.15, -0.1) is 0 Å². The van der Waals surface area contributed by atoms with Crippen LogP contribution in [0.5, 0.6) is 0 Å². The zero-order chi connectivity index (χ0) is 12.9. The van der Waals surface area contributed by atoms with Gasteiger partial charge in [0.05, 0.1) is 6.61 Å². The molecule has 0 radical (unpaired) electrons. The first-order valence-corrected chi connectivity index (χ1v) is 6.74. The molecule has 0 aliphatic heterocycles. The van der Waals surface area contributed by atoms with Gasteiger partial charge in [0.1, 0.15) is 6.33 Å². The van der Waals surface area contributed by atoms with E-state index in [1.807, 2.05) is 6.92 Å². The number of nitrogens with zero attached hydrogens (tertiary/aromatic N) is 2. The predicted octanol–water partition coefficient (Wildman–Crippen LogP) is 1.42. The van der Waals surface area contributed by atoms with E-state index in [2.05, 4.69) is 41.3 Å². The highest BCUT2D eigenvalue weighted by atomic mass is 32.2. The van der Waals surface area contributed by atoms with Gasteiger partial charge in [-0.3, -0.25) is 5.10 Å². The first-order valence-electron chi connectivity index (χ1n) is 5.86. The maximum absolute atomic E-state index is 9.50. The van der Waals surface area contributed by atoms with Crippen LogP contribution in [0.15, 0.2) is 11.5 Å². The molecule has 1 rings (SSSR count). The number of nitrogens with one attached hydrogen (secondary N) is 2. The Morgan fingerprint density at radius 1 is 1.53 bits per heavy atom. The van der Waals surface area contributed by atoms with Gasteiger partial charge in [0.2, 0.25) is 0 Å². The van der Waals surface area contributed by atoms with Crippen LogP contribution < -0.4 is 5.32 Å². The topological polar surface area (TPSA) is 73.8 Å². The van der Waals surface area contributed by atoms with Gasteiger partial charge in [-0.25, -0.2) is 4.98 Å². The third-order valence-corrected chi connectivity index (χ3v) is 3.42. The normalized spacial score (nSPS) is 17.1. The number of aliphatic hydroxyl groups is 1. The van der Waals surface area contributed by atoms with E-state index < -0.39 is 0 Å². The van der Waals surface area contributed by atoms with Crippen LogP contribution >= 0.6 is 11.8 Å². The van der Waals surface area contributed by atoms with Crippen LogP contribution in [0.25, 0.3) is 0 Å². The molecule has 0 amide bonds. The Balaban J connectivity index is 2.49. The Kier molecular flexibility index (Phi) is 5.42. The fraction of sp³-hybridized carbons (Fsp3) is 0.818. The SMILES string of the molecule is CC(C)NC(C)(CO)CC(C)Sc1ncn[nH]1. The van der Waals surface area contributed by atoms with E-state index in [4.69, 9.17) is 0 Å². The lowest BCUT2D eigenvalue weighted by Gasteiger charge is -2.33. The first-order chi connectivity index (χ1) is 7.95. The summed E-state index contributed by atoms with van der Waals surface area (Å²) < 4.78 is 0. The van der Waals surface area contributed by atoms with Crippen LogP contribution in [0.3, 0.4) is 0 Å². The molecular formula is C11H22N4OS. The number of H-pyrrole nitrogens is 1. The highest BCUT2D eigenvalue weighted by Crippen LogP contribution is 2.26. The van der Waals surface area contributed by atoms with E-state index in [-0.39, 0.29) is 12.1 Å². The molecule has 2 unspecified atom stereocenters. The summed E-state index contributed by atoms with van der Waals surface area (Å²) in [5, 5.41) is 20.7. The largest absolute Gasteiger partial charge is 0.394 e. The molecule has 6 heteroatoms. The molecule has 98 valence electrons. The van der Waals surface area contributed by atoms with Crippen molar-refractivity contribution in [2.75, 3.05) is 6.61 Å². The smallest absolute Gasteiger partial charge is 0.183 e. The molecule has 17 heavy (non-hydrogen) atoms. The summed E-state index contributed by atoms with van der Waals surface area (Å²) in [4.78, 5) is 4.09. The van der Waals surface area contributed by atoms with Crippen molar-refractivity contribution in [2.45, 2.75) is 56.1 Å². The zero-order valence-corrected chi connectivity index (χ0v) is 11.7. The van der Waals surface area contributed by atoms with E-state index in [0.717, 1.165) is 11.6 Å². The van der Waals surface area contributed by atoms with E-state index in [9.17, 15) is 5.11 Å². The summed E-state index contributed by atoms with van der Waals surface area (Å²) in [5.41, 5.74) is -0.249. The molecule has 0 fully saturated rings. The second-order valence-corrected chi connectivity index (χ2v) is 6.37. The molecule has 1 aromatic heterocycles. The molecule has 0 saturated heterocycles. The predicted molar refractivity (Wildman–Crippen MR) is 70.1 cm³/mol. The van der Waals surface area contributed by atoms with Crippen molar-refractivity contribution in [1.29, 1.82) is 0 Å².